The zero-order valence-corrected chi connectivity index (χ0v) is 17.5. The minimum absolute atomic E-state index is 0.636. The van der Waals surface area contributed by atoms with Gasteiger partial charge in [-0.15, -0.1) is 26.6 Å². The Morgan fingerprint density at radius 2 is 1.93 bits per heavy atom. The van der Waals surface area contributed by atoms with Gasteiger partial charge in [0.15, 0.2) is 5.16 Å². The van der Waals surface area contributed by atoms with Gasteiger partial charge in [-0.2, -0.15) is 0 Å². The lowest BCUT2D eigenvalue weighted by molar-refractivity contribution is 0.610. The van der Waals surface area contributed by atoms with E-state index in [4.69, 9.17) is 11.6 Å². The summed E-state index contributed by atoms with van der Waals surface area (Å²) in [6, 6.07) is 14.7. The average molecular weight is 434 g/mol. The number of aryl methyl sites for hydroxylation is 1. The fourth-order valence-electron chi connectivity index (χ4n) is 2.65. The smallest absolute Gasteiger partial charge is 0.191 e. The van der Waals surface area contributed by atoms with E-state index in [1.165, 1.54) is 22.0 Å². The third kappa shape index (κ3) is 4.76. The van der Waals surface area contributed by atoms with Gasteiger partial charge in [-0.25, -0.2) is 0 Å². The van der Waals surface area contributed by atoms with Crippen molar-refractivity contribution < 1.29 is 0 Å². The molecule has 0 amide bonds. The normalized spacial score (nSPS) is 11.1. The molecular formula is C18H16ClN5S3. The number of hydrogen-bond acceptors (Lipinski definition) is 7. The Kier molecular flexibility index (Phi) is 6.18. The average Bonchev–Trinajstić information content (AvgIpc) is 3.42. The molecule has 0 aliphatic carbocycles. The van der Waals surface area contributed by atoms with Crippen LogP contribution in [-0.4, -0.2) is 24.4 Å². The van der Waals surface area contributed by atoms with Crippen LogP contribution < -0.4 is 0 Å². The molecular weight excluding hydrogens is 418 g/mol. The highest BCUT2D eigenvalue weighted by Crippen LogP contribution is 2.27. The molecule has 3 heterocycles. The van der Waals surface area contributed by atoms with Crippen molar-refractivity contribution >= 4 is 46.2 Å². The summed E-state index contributed by atoms with van der Waals surface area (Å²) in [5.74, 6) is 1.62. The van der Waals surface area contributed by atoms with Crippen LogP contribution in [-0.2, 0) is 25.1 Å². The van der Waals surface area contributed by atoms with E-state index in [0.29, 0.717) is 10.1 Å². The van der Waals surface area contributed by atoms with E-state index >= 15 is 0 Å². The van der Waals surface area contributed by atoms with E-state index in [9.17, 15) is 0 Å². The van der Waals surface area contributed by atoms with Crippen LogP contribution in [0, 0.1) is 0 Å². The Balaban J connectivity index is 1.53. The summed E-state index contributed by atoms with van der Waals surface area (Å²) in [4.78, 5) is 1.28. The van der Waals surface area contributed by atoms with Crippen LogP contribution in [0.25, 0.3) is 0 Å². The van der Waals surface area contributed by atoms with Crippen LogP contribution in [0.15, 0.2) is 53.0 Å². The monoisotopic (exact) mass is 433 g/mol. The van der Waals surface area contributed by atoms with Crippen LogP contribution in [0.3, 0.4) is 0 Å². The molecule has 0 fully saturated rings. The maximum Gasteiger partial charge on any atom is 0.191 e. The van der Waals surface area contributed by atoms with Crippen LogP contribution in [0.5, 0.6) is 0 Å². The predicted octanol–water partition coefficient (Wildman–Crippen LogP) is 4.97. The molecule has 138 valence electrons. The first-order valence-corrected chi connectivity index (χ1v) is 11.4. The third-order valence-electron chi connectivity index (χ3n) is 4.02. The number of rotatable bonds is 8. The summed E-state index contributed by atoms with van der Waals surface area (Å²) in [6.07, 6.45) is 1.72. The molecule has 5 nitrogen and oxygen atoms in total. The van der Waals surface area contributed by atoms with Crippen molar-refractivity contribution in [2.45, 2.75) is 30.3 Å². The highest BCUT2D eigenvalue weighted by Gasteiger charge is 2.15. The van der Waals surface area contributed by atoms with Crippen LogP contribution in [0.2, 0.25) is 4.34 Å². The van der Waals surface area contributed by atoms with Crippen molar-refractivity contribution in [1.82, 2.24) is 24.4 Å². The quantitative estimate of drug-likeness (QED) is 0.367. The minimum Gasteiger partial charge on any atom is -0.305 e. The van der Waals surface area contributed by atoms with Gasteiger partial charge in [-0.1, -0.05) is 64.2 Å². The summed E-state index contributed by atoms with van der Waals surface area (Å²) >= 11 is 10.7. The Bertz CT molecular complexity index is 982. The lowest BCUT2D eigenvalue weighted by Gasteiger charge is -2.10. The molecule has 0 N–H and O–H groups in total. The van der Waals surface area contributed by atoms with Gasteiger partial charge < -0.3 is 4.57 Å². The number of thioether (sulfide) groups is 1. The molecule has 3 aromatic heterocycles. The fraction of sp³-hybridized carbons (Fsp3) is 0.222. The maximum absolute atomic E-state index is 6.13. The molecule has 0 aliphatic rings. The number of thiophene rings is 1. The highest BCUT2D eigenvalue weighted by molar-refractivity contribution is 7.98. The third-order valence-corrected chi connectivity index (χ3v) is 6.86. The van der Waals surface area contributed by atoms with Crippen molar-refractivity contribution in [1.29, 1.82) is 0 Å². The maximum atomic E-state index is 6.13. The summed E-state index contributed by atoms with van der Waals surface area (Å²) in [6.45, 7) is 0.836. The Morgan fingerprint density at radius 3 is 2.67 bits per heavy atom. The second-order valence-corrected chi connectivity index (χ2v) is 9.16. The molecule has 0 bridgehead atoms. The molecule has 0 spiro atoms. The first kappa shape index (κ1) is 18.6. The second kappa shape index (κ2) is 8.97. The zero-order chi connectivity index (χ0) is 18.5. The predicted molar refractivity (Wildman–Crippen MR) is 112 cm³/mol. The van der Waals surface area contributed by atoms with Gasteiger partial charge in [0.05, 0.1) is 0 Å². The molecule has 0 atom stereocenters. The lowest BCUT2D eigenvalue weighted by Crippen LogP contribution is -2.08. The first-order valence-electron chi connectivity index (χ1n) is 8.37. The van der Waals surface area contributed by atoms with Crippen molar-refractivity contribution in [3.63, 3.8) is 0 Å². The SMILES string of the molecule is Clc1snnc1CSc1nnc(Cc2cccs2)n1CCc1ccccc1. The molecule has 4 aromatic rings. The lowest BCUT2D eigenvalue weighted by atomic mass is 10.1. The van der Waals surface area contributed by atoms with Crippen LogP contribution in [0.4, 0.5) is 0 Å². The van der Waals surface area contributed by atoms with Gasteiger partial charge in [0.25, 0.3) is 0 Å². The van der Waals surface area contributed by atoms with E-state index in [2.05, 4.69) is 66.1 Å². The Morgan fingerprint density at radius 1 is 1.04 bits per heavy atom. The van der Waals surface area contributed by atoms with Crippen molar-refractivity contribution in [3.8, 4) is 0 Å². The van der Waals surface area contributed by atoms with E-state index in [1.807, 2.05) is 6.07 Å². The number of benzene rings is 1. The van der Waals surface area contributed by atoms with Crippen molar-refractivity contribution in [3.05, 3.63) is 74.1 Å². The van der Waals surface area contributed by atoms with Gasteiger partial charge in [0.1, 0.15) is 15.9 Å². The van der Waals surface area contributed by atoms with Gasteiger partial charge in [-0.3, -0.25) is 0 Å². The van der Waals surface area contributed by atoms with Crippen LogP contribution in [0.1, 0.15) is 22.0 Å². The number of nitrogens with zero attached hydrogens (tertiary/aromatic N) is 5. The summed E-state index contributed by atoms with van der Waals surface area (Å²) in [7, 11) is 0. The van der Waals surface area contributed by atoms with Crippen LogP contribution >= 0.6 is 46.2 Å². The highest BCUT2D eigenvalue weighted by atomic mass is 35.5. The Hall–Kier alpha value is -1.74. The van der Waals surface area contributed by atoms with Gasteiger partial charge in [0, 0.05) is 35.1 Å². The number of aromatic nitrogens is 5. The molecule has 0 radical (unpaired) electrons. The van der Waals surface area contributed by atoms with Gasteiger partial charge in [-0.05, 0) is 23.4 Å². The standard InChI is InChI=1S/C18H16ClN5S3/c19-17-15(20-23-27-17)12-26-18-22-21-16(11-14-7-4-10-25-14)24(18)9-8-13-5-2-1-3-6-13/h1-7,10H,8-9,11-12H2. The molecule has 1 aromatic carbocycles. The minimum atomic E-state index is 0.636. The molecule has 27 heavy (non-hydrogen) atoms. The summed E-state index contributed by atoms with van der Waals surface area (Å²) < 4.78 is 6.74. The first-order chi connectivity index (χ1) is 13.3. The van der Waals surface area contributed by atoms with E-state index in [-0.39, 0.29) is 0 Å². The Labute approximate surface area is 174 Å². The second-order valence-electron chi connectivity index (χ2n) is 5.82. The summed E-state index contributed by atoms with van der Waals surface area (Å²) in [5, 5.41) is 16.0. The van der Waals surface area contributed by atoms with Crippen molar-refractivity contribution in [2.24, 2.45) is 0 Å². The fourth-order valence-corrected chi connectivity index (χ4v) is 5.07. The zero-order valence-electron chi connectivity index (χ0n) is 14.3. The molecule has 9 heteroatoms. The van der Waals surface area contributed by atoms with Gasteiger partial charge >= 0.3 is 0 Å². The van der Waals surface area contributed by atoms with E-state index in [1.54, 1.807) is 23.1 Å². The largest absolute Gasteiger partial charge is 0.305 e. The van der Waals surface area contributed by atoms with E-state index in [0.717, 1.165) is 36.1 Å². The molecule has 0 unspecified atom stereocenters. The van der Waals surface area contributed by atoms with Crippen molar-refractivity contribution in [2.75, 3.05) is 0 Å². The molecule has 0 saturated carbocycles. The molecule has 0 aliphatic heterocycles. The molecule has 0 saturated heterocycles. The molecule has 4 rings (SSSR count). The number of halogens is 1. The number of hydrogen-bond donors (Lipinski definition) is 0. The van der Waals surface area contributed by atoms with Gasteiger partial charge in [0.2, 0.25) is 0 Å². The topological polar surface area (TPSA) is 56.5 Å². The van der Waals surface area contributed by atoms with E-state index < -0.39 is 0 Å². The summed E-state index contributed by atoms with van der Waals surface area (Å²) in [5.41, 5.74) is 2.10.